The number of hydrogen-bond donors (Lipinski definition) is 0. The van der Waals surface area contributed by atoms with Gasteiger partial charge in [0, 0.05) is 5.75 Å². The lowest BCUT2D eigenvalue weighted by Gasteiger charge is -2.04. The summed E-state index contributed by atoms with van der Waals surface area (Å²) in [6, 6.07) is 5.90. The number of hydrogen-bond acceptors (Lipinski definition) is 3. The van der Waals surface area contributed by atoms with Crippen molar-refractivity contribution < 1.29 is 13.9 Å². The van der Waals surface area contributed by atoms with Crippen LogP contribution >= 0.6 is 11.8 Å². The van der Waals surface area contributed by atoms with Gasteiger partial charge in [0.2, 0.25) is 0 Å². The van der Waals surface area contributed by atoms with Gasteiger partial charge in [-0.3, -0.25) is 4.79 Å². The highest BCUT2D eigenvalue weighted by Crippen LogP contribution is 2.16. The van der Waals surface area contributed by atoms with Crippen molar-refractivity contribution >= 4 is 17.7 Å². The van der Waals surface area contributed by atoms with Crippen LogP contribution < -0.4 is 4.74 Å². The maximum absolute atomic E-state index is 13.1. The third-order valence-corrected chi connectivity index (χ3v) is 2.62. The standard InChI is InChI=1S/C11H13FO2S/c1-2-15-8-7-11(13)14-10-6-4-3-5-9(10)12/h3-6H,2,7-8H2,1H3. The number of benzene rings is 1. The lowest BCUT2D eigenvalue weighted by molar-refractivity contribution is -0.134. The van der Waals surface area contributed by atoms with Gasteiger partial charge in [-0.1, -0.05) is 19.1 Å². The Hall–Kier alpha value is -1.03. The molecule has 0 unspecified atom stereocenters. The molecule has 0 aliphatic carbocycles. The molecule has 1 aromatic rings. The minimum Gasteiger partial charge on any atom is -0.423 e. The van der Waals surface area contributed by atoms with Gasteiger partial charge in [-0.2, -0.15) is 11.8 Å². The molecule has 1 aromatic carbocycles. The largest absolute Gasteiger partial charge is 0.423 e. The summed E-state index contributed by atoms with van der Waals surface area (Å²) in [6.07, 6.45) is 0.312. The Morgan fingerprint density at radius 2 is 2.20 bits per heavy atom. The highest BCUT2D eigenvalue weighted by atomic mass is 32.2. The first-order valence-corrected chi connectivity index (χ1v) is 5.92. The molecule has 4 heteroatoms. The number of rotatable bonds is 5. The molecule has 0 aliphatic rings. The average molecular weight is 228 g/mol. The Bertz CT molecular complexity index is 328. The van der Waals surface area contributed by atoms with Crippen molar-refractivity contribution in [2.75, 3.05) is 11.5 Å². The van der Waals surface area contributed by atoms with E-state index in [1.807, 2.05) is 6.92 Å². The molecule has 0 saturated heterocycles. The molecule has 0 amide bonds. The lowest BCUT2D eigenvalue weighted by Crippen LogP contribution is -2.09. The Labute approximate surface area is 92.8 Å². The smallest absolute Gasteiger partial charge is 0.312 e. The molecule has 0 radical (unpaired) electrons. The van der Waals surface area contributed by atoms with Crippen LogP contribution in [0.25, 0.3) is 0 Å². The Kier molecular flexibility index (Phi) is 5.18. The zero-order valence-electron chi connectivity index (χ0n) is 8.53. The van der Waals surface area contributed by atoms with Crippen LogP contribution in [0, 0.1) is 5.82 Å². The summed E-state index contributed by atoms with van der Waals surface area (Å²) >= 11 is 1.66. The SMILES string of the molecule is CCSCCC(=O)Oc1ccccc1F. The van der Waals surface area contributed by atoms with Gasteiger partial charge in [0.05, 0.1) is 6.42 Å². The molecular weight excluding hydrogens is 215 g/mol. The fourth-order valence-electron chi connectivity index (χ4n) is 1.00. The topological polar surface area (TPSA) is 26.3 Å². The molecule has 15 heavy (non-hydrogen) atoms. The summed E-state index contributed by atoms with van der Waals surface area (Å²) in [5.74, 6) is 0.788. The van der Waals surface area contributed by atoms with Crippen molar-refractivity contribution in [3.05, 3.63) is 30.1 Å². The van der Waals surface area contributed by atoms with E-state index in [4.69, 9.17) is 4.74 Å². The first-order chi connectivity index (χ1) is 7.24. The molecule has 0 aromatic heterocycles. The number of para-hydroxylation sites is 1. The zero-order valence-corrected chi connectivity index (χ0v) is 9.35. The van der Waals surface area contributed by atoms with Crippen LogP contribution in [0.1, 0.15) is 13.3 Å². The van der Waals surface area contributed by atoms with E-state index in [1.165, 1.54) is 12.1 Å². The molecule has 0 fully saturated rings. The predicted molar refractivity (Wildman–Crippen MR) is 59.7 cm³/mol. The molecule has 2 nitrogen and oxygen atoms in total. The van der Waals surface area contributed by atoms with Gasteiger partial charge in [-0.15, -0.1) is 0 Å². The van der Waals surface area contributed by atoms with Gasteiger partial charge < -0.3 is 4.74 Å². The van der Waals surface area contributed by atoms with Gasteiger partial charge >= 0.3 is 5.97 Å². The van der Waals surface area contributed by atoms with Gasteiger partial charge in [-0.05, 0) is 17.9 Å². The molecule has 0 bridgehead atoms. The first kappa shape index (κ1) is 12.0. The van der Waals surface area contributed by atoms with Crippen molar-refractivity contribution in [1.82, 2.24) is 0 Å². The van der Waals surface area contributed by atoms with Crippen LogP contribution in [0.15, 0.2) is 24.3 Å². The van der Waals surface area contributed by atoms with Crippen molar-refractivity contribution in [1.29, 1.82) is 0 Å². The van der Waals surface area contributed by atoms with Gasteiger partial charge in [-0.25, -0.2) is 4.39 Å². The molecule has 0 spiro atoms. The number of carbonyl (C=O) groups is 1. The second-order valence-electron chi connectivity index (χ2n) is 2.85. The van der Waals surface area contributed by atoms with Crippen molar-refractivity contribution in [2.24, 2.45) is 0 Å². The maximum Gasteiger partial charge on any atom is 0.312 e. The van der Waals surface area contributed by atoms with E-state index in [-0.39, 0.29) is 11.7 Å². The molecular formula is C11H13FO2S. The van der Waals surface area contributed by atoms with Crippen molar-refractivity contribution in [3.63, 3.8) is 0 Å². The molecule has 0 aliphatic heterocycles. The van der Waals surface area contributed by atoms with Crippen LogP contribution in [0.5, 0.6) is 5.75 Å². The molecule has 0 saturated carbocycles. The Balaban J connectivity index is 2.41. The quantitative estimate of drug-likeness (QED) is 0.440. The fraction of sp³-hybridized carbons (Fsp3) is 0.364. The normalized spacial score (nSPS) is 10.0. The van der Waals surface area contributed by atoms with E-state index in [0.717, 1.165) is 5.75 Å². The van der Waals surface area contributed by atoms with E-state index in [9.17, 15) is 9.18 Å². The number of carbonyl (C=O) groups excluding carboxylic acids is 1. The van der Waals surface area contributed by atoms with Crippen LogP contribution in [0.4, 0.5) is 4.39 Å². The van der Waals surface area contributed by atoms with Crippen LogP contribution in [0.3, 0.4) is 0 Å². The number of thioether (sulfide) groups is 1. The molecule has 1 rings (SSSR count). The van der Waals surface area contributed by atoms with Gasteiger partial charge in [0.25, 0.3) is 0 Å². The number of halogens is 1. The summed E-state index contributed by atoms with van der Waals surface area (Å²) in [7, 11) is 0. The highest BCUT2D eigenvalue weighted by molar-refractivity contribution is 7.99. The van der Waals surface area contributed by atoms with Gasteiger partial charge in [0.15, 0.2) is 11.6 Å². The average Bonchev–Trinajstić information content (AvgIpc) is 2.22. The summed E-state index contributed by atoms with van der Waals surface area (Å²) in [5.41, 5.74) is 0. The maximum atomic E-state index is 13.1. The van der Waals surface area contributed by atoms with E-state index < -0.39 is 5.82 Å². The van der Waals surface area contributed by atoms with E-state index in [1.54, 1.807) is 23.9 Å². The van der Waals surface area contributed by atoms with Crippen molar-refractivity contribution in [3.8, 4) is 5.75 Å². The van der Waals surface area contributed by atoms with E-state index in [2.05, 4.69) is 0 Å². The zero-order chi connectivity index (χ0) is 11.1. The minimum atomic E-state index is -0.506. The summed E-state index contributed by atoms with van der Waals surface area (Å²) in [6.45, 7) is 2.02. The third-order valence-electron chi connectivity index (χ3n) is 1.72. The highest BCUT2D eigenvalue weighted by Gasteiger charge is 2.07. The van der Waals surface area contributed by atoms with E-state index in [0.29, 0.717) is 12.2 Å². The number of ether oxygens (including phenoxy) is 1. The molecule has 82 valence electrons. The predicted octanol–water partition coefficient (Wildman–Crippen LogP) is 2.87. The van der Waals surface area contributed by atoms with Crippen LogP contribution in [-0.2, 0) is 4.79 Å². The summed E-state index contributed by atoms with van der Waals surface area (Å²) < 4.78 is 17.9. The van der Waals surface area contributed by atoms with Crippen molar-refractivity contribution in [2.45, 2.75) is 13.3 Å². The summed E-state index contributed by atoms with van der Waals surface area (Å²) in [5, 5.41) is 0. The van der Waals surface area contributed by atoms with Crippen LogP contribution in [0.2, 0.25) is 0 Å². The van der Waals surface area contributed by atoms with Gasteiger partial charge in [0.1, 0.15) is 0 Å². The third kappa shape index (κ3) is 4.34. The minimum absolute atomic E-state index is 0.00370. The second kappa shape index (κ2) is 6.45. The molecule has 0 N–H and O–H groups in total. The second-order valence-corrected chi connectivity index (χ2v) is 4.25. The van der Waals surface area contributed by atoms with E-state index >= 15 is 0 Å². The molecule has 0 heterocycles. The Morgan fingerprint density at radius 3 is 2.87 bits per heavy atom. The lowest BCUT2D eigenvalue weighted by atomic mass is 10.3. The Morgan fingerprint density at radius 1 is 1.47 bits per heavy atom. The first-order valence-electron chi connectivity index (χ1n) is 4.77. The monoisotopic (exact) mass is 228 g/mol. The fourth-order valence-corrected chi connectivity index (χ4v) is 1.60. The number of esters is 1. The summed E-state index contributed by atoms with van der Waals surface area (Å²) in [4.78, 5) is 11.2. The molecule has 0 atom stereocenters. The van der Waals surface area contributed by atoms with Crippen LogP contribution in [-0.4, -0.2) is 17.5 Å².